The number of anilines is 1. The number of carbonyl (C=O) groups is 1. The van der Waals surface area contributed by atoms with Crippen molar-refractivity contribution in [2.75, 3.05) is 17.8 Å². The number of nitrogens with one attached hydrogen (secondary N) is 1. The highest BCUT2D eigenvalue weighted by molar-refractivity contribution is 7.91. The van der Waals surface area contributed by atoms with Crippen LogP contribution in [0.4, 0.5) is 5.69 Å². The first kappa shape index (κ1) is 19.4. The molecule has 0 radical (unpaired) electrons. The molecule has 0 bridgehead atoms. The Kier molecular flexibility index (Phi) is 5.81. The van der Waals surface area contributed by atoms with Gasteiger partial charge in [0.05, 0.1) is 15.5 Å². The number of amides is 1. The van der Waals surface area contributed by atoms with Gasteiger partial charge in [-0.05, 0) is 24.1 Å². The lowest BCUT2D eigenvalue weighted by atomic mass is 9.98. The molecule has 9 heteroatoms. The second-order valence-corrected chi connectivity index (χ2v) is 9.61. The number of carbonyl (C=O) groups excluding carboxylic acids is 1. The molecule has 130 valence electrons. The molecule has 0 aromatic heterocycles. The lowest BCUT2D eigenvalue weighted by molar-refractivity contribution is -0.119. The monoisotopic (exact) mass is 362 g/mol. The summed E-state index contributed by atoms with van der Waals surface area (Å²) >= 11 is 0. The molecule has 23 heavy (non-hydrogen) atoms. The molecule has 1 aromatic rings. The smallest absolute Gasteiger partial charge is 0.240 e. The Morgan fingerprint density at radius 3 is 2.13 bits per heavy atom. The van der Waals surface area contributed by atoms with E-state index >= 15 is 0 Å². The molecule has 0 aliphatic rings. The van der Waals surface area contributed by atoms with E-state index in [4.69, 9.17) is 5.73 Å². The van der Waals surface area contributed by atoms with Gasteiger partial charge in [-0.15, -0.1) is 0 Å². The van der Waals surface area contributed by atoms with Crippen LogP contribution in [-0.4, -0.2) is 41.3 Å². The van der Waals surface area contributed by atoms with E-state index in [0.717, 1.165) is 18.6 Å². The second-order valence-electron chi connectivity index (χ2n) is 5.61. The summed E-state index contributed by atoms with van der Waals surface area (Å²) in [7, 11) is -7.25. The average Bonchev–Trinajstić information content (AvgIpc) is 2.41. The first-order chi connectivity index (χ1) is 10.4. The topological polar surface area (TPSA) is 123 Å². The van der Waals surface area contributed by atoms with Crippen molar-refractivity contribution < 1.29 is 21.6 Å². The number of rotatable bonds is 7. The van der Waals surface area contributed by atoms with Crippen molar-refractivity contribution in [1.82, 2.24) is 0 Å². The number of hydrogen-bond donors (Lipinski definition) is 2. The minimum atomic E-state index is -3.70. The van der Waals surface area contributed by atoms with Crippen LogP contribution in [0.3, 0.4) is 0 Å². The fourth-order valence-corrected chi connectivity index (χ4v) is 3.65. The van der Waals surface area contributed by atoms with Crippen molar-refractivity contribution in [2.45, 2.75) is 36.1 Å². The summed E-state index contributed by atoms with van der Waals surface area (Å²) in [5.74, 6) is -0.722. The standard InChI is InChI=1S/C14H22N2O5S2/c1-5-9(2)13(14(15)17)16-11-7-6-10(22(3,18)19)8-12(11)23(4,20)21/h6-9,13,16H,5H2,1-4H3,(H2,15,17)/t9-,13+/m0/s1. The molecule has 0 aliphatic heterocycles. The van der Waals surface area contributed by atoms with E-state index in [1.807, 2.05) is 13.8 Å². The normalized spacial score (nSPS) is 15.0. The minimum Gasteiger partial charge on any atom is -0.372 e. The second kappa shape index (κ2) is 6.88. The Morgan fingerprint density at radius 1 is 1.17 bits per heavy atom. The van der Waals surface area contributed by atoms with Crippen molar-refractivity contribution in [1.29, 1.82) is 0 Å². The lowest BCUT2D eigenvalue weighted by Gasteiger charge is -2.23. The first-order valence-electron chi connectivity index (χ1n) is 6.98. The van der Waals surface area contributed by atoms with E-state index in [0.29, 0.717) is 6.42 Å². The van der Waals surface area contributed by atoms with E-state index in [1.165, 1.54) is 12.1 Å². The maximum atomic E-state index is 12.0. The largest absolute Gasteiger partial charge is 0.372 e. The summed E-state index contributed by atoms with van der Waals surface area (Å²) in [6.07, 6.45) is 2.63. The predicted molar refractivity (Wildman–Crippen MR) is 88.7 cm³/mol. The van der Waals surface area contributed by atoms with E-state index in [2.05, 4.69) is 5.32 Å². The molecule has 7 nitrogen and oxygen atoms in total. The van der Waals surface area contributed by atoms with Crippen LogP contribution < -0.4 is 11.1 Å². The van der Waals surface area contributed by atoms with Gasteiger partial charge in [0.1, 0.15) is 6.04 Å². The van der Waals surface area contributed by atoms with Gasteiger partial charge in [-0.2, -0.15) is 0 Å². The Balaban J connectivity index is 3.44. The number of sulfone groups is 2. The molecule has 0 heterocycles. The zero-order valence-corrected chi connectivity index (χ0v) is 15.2. The maximum Gasteiger partial charge on any atom is 0.240 e. The molecule has 0 aliphatic carbocycles. The number of benzene rings is 1. The highest BCUT2D eigenvalue weighted by Crippen LogP contribution is 2.27. The molecule has 0 spiro atoms. The molecule has 1 amide bonds. The lowest BCUT2D eigenvalue weighted by Crippen LogP contribution is -2.40. The van der Waals surface area contributed by atoms with Gasteiger partial charge in [-0.3, -0.25) is 4.79 Å². The van der Waals surface area contributed by atoms with Crippen LogP contribution in [0.2, 0.25) is 0 Å². The van der Waals surface area contributed by atoms with Crippen molar-refractivity contribution in [2.24, 2.45) is 11.7 Å². The molecule has 0 unspecified atom stereocenters. The fourth-order valence-electron chi connectivity index (χ4n) is 2.06. The predicted octanol–water partition coefficient (Wildman–Crippen LogP) is 0.805. The summed E-state index contributed by atoms with van der Waals surface area (Å²) in [6, 6.07) is 2.96. The third kappa shape index (κ3) is 4.93. The van der Waals surface area contributed by atoms with Crippen molar-refractivity contribution >= 4 is 31.3 Å². The van der Waals surface area contributed by atoms with Crippen LogP contribution in [0, 0.1) is 5.92 Å². The Morgan fingerprint density at radius 2 is 1.74 bits per heavy atom. The molecular formula is C14H22N2O5S2. The van der Waals surface area contributed by atoms with Crippen LogP contribution in [-0.2, 0) is 24.5 Å². The van der Waals surface area contributed by atoms with Crippen molar-refractivity contribution in [3.63, 3.8) is 0 Å². The van der Waals surface area contributed by atoms with Crippen molar-refractivity contribution in [3.8, 4) is 0 Å². The van der Waals surface area contributed by atoms with Gasteiger partial charge in [0.25, 0.3) is 0 Å². The van der Waals surface area contributed by atoms with Crippen LogP contribution in [0.1, 0.15) is 20.3 Å². The summed E-state index contributed by atoms with van der Waals surface area (Å²) < 4.78 is 47.2. The molecule has 2 atom stereocenters. The van der Waals surface area contributed by atoms with Gasteiger partial charge in [-0.25, -0.2) is 16.8 Å². The van der Waals surface area contributed by atoms with Gasteiger partial charge >= 0.3 is 0 Å². The van der Waals surface area contributed by atoms with Gasteiger partial charge in [-0.1, -0.05) is 20.3 Å². The summed E-state index contributed by atoms with van der Waals surface area (Å²) in [6.45, 7) is 3.69. The Labute approximate surface area is 137 Å². The Bertz CT molecular complexity index is 800. The third-order valence-electron chi connectivity index (χ3n) is 3.61. The number of hydrogen-bond acceptors (Lipinski definition) is 6. The minimum absolute atomic E-state index is 0.109. The van der Waals surface area contributed by atoms with E-state index in [1.54, 1.807) is 0 Å². The zero-order valence-electron chi connectivity index (χ0n) is 13.5. The highest BCUT2D eigenvalue weighted by atomic mass is 32.2. The van der Waals surface area contributed by atoms with Gasteiger partial charge in [0, 0.05) is 12.5 Å². The third-order valence-corrected chi connectivity index (χ3v) is 5.86. The van der Waals surface area contributed by atoms with Crippen molar-refractivity contribution in [3.05, 3.63) is 18.2 Å². The molecule has 0 saturated carbocycles. The number of primary amides is 1. The van der Waals surface area contributed by atoms with Crippen LogP contribution >= 0.6 is 0 Å². The maximum absolute atomic E-state index is 12.0. The summed E-state index contributed by atoms with van der Waals surface area (Å²) in [4.78, 5) is 11.3. The van der Waals surface area contributed by atoms with Crippen LogP contribution in [0.15, 0.2) is 28.0 Å². The SMILES string of the molecule is CC[C@H](C)[C@@H](Nc1ccc(S(C)(=O)=O)cc1S(C)(=O)=O)C(N)=O. The van der Waals surface area contributed by atoms with E-state index in [9.17, 15) is 21.6 Å². The number of nitrogens with two attached hydrogens (primary N) is 1. The average molecular weight is 362 g/mol. The van der Waals surface area contributed by atoms with E-state index < -0.39 is 31.6 Å². The molecule has 0 saturated heterocycles. The molecular weight excluding hydrogens is 340 g/mol. The zero-order chi connectivity index (χ0) is 18.0. The van der Waals surface area contributed by atoms with Crippen LogP contribution in [0.25, 0.3) is 0 Å². The molecule has 1 rings (SSSR count). The van der Waals surface area contributed by atoms with E-state index in [-0.39, 0.29) is 21.4 Å². The summed E-state index contributed by atoms with van der Waals surface area (Å²) in [5, 5.41) is 2.83. The van der Waals surface area contributed by atoms with Gasteiger partial charge in [0.15, 0.2) is 19.7 Å². The van der Waals surface area contributed by atoms with Gasteiger partial charge < -0.3 is 11.1 Å². The Hall–Kier alpha value is -1.61. The molecule has 0 fully saturated rings. The molecule has 3 N–H and O–H groups in total. The summed E-state index contributed by atoms with van der Waals surface area (Å²) in [5.41, 5.74) is 5.53. The first-order valence-corrected chi connectivity index (χ1v) is 10.8. The van der Waals surface area contributed by atoms with Crippen LogP contribution in [0.5, 0.6) is 0 Å². The quantitative estimate of drug-likeness (QED) is 0.739. The molecule has 1 aromatic carbocycles. The fraction of sp³-hybridized carbons (Fsp3) is 0.500. The van der Waals surface area contributed by atoms with Gasteiger partial charge in [0.2, 0.25) is 5.91 Å². The highest BCUT2D eigenvalue weighted by Gasteiger charge is 2.25.